The smallest absolute Gasteiger partial charge is 0.407 e. The van der Waals surface area contributed by atoms with Crippen molar-refractivity contribution in [2.24, 2.45) is 21.8 Å². The number of likely N-dealkylation sites (tertiary alicyclic amines) is 1. The summed E-state index contributed by atoms with van der Waals surface area (Å²) < 4.78 is 29.6. The molecular formula is C21H37FN4O4. The molecule has 0 spiro atoms. The van der Waals surface area contributed by atoms with E-state index in [-0.39, 0.29) is 31.1 Å². The van der Waals surface area contributed by atoms with E-state index < -0.39 is 18.4 Å². The molecule has 1 N–H and O–H groups in total. The fourth-order valence-corrected chi connectivity index (χ4v) is 2.83. The predicted octanol–water partition coefficient (Wildman–Crippen LogP) is 3.39. The zero-order chi connectivity index (χ0) is 22.7. The minimum atomic E-state index is -0.589. The summed E-state index contributed by atoms with van der Waals surface area (Å²) in [6.45, 7) is 14.0. The minimum Gasteiger partial charge on any atom is -0.496 e. The predicted molar refractivity (Wildman–Crippen MR) is 117 cm³/mol. The quantitative estimate of drug-likeness (QED) is 0.346. The van der Waals surface area contributed by atoms with Gasteiger partial charge in [-0.1, -0.05) is 6.92 Å². The Balaban J connectivity index is 2.62. The van der Waals surface area contributed by atoms with Crippen molar-refractivity contribution in [3.05, 3.63) is 12.0 Å². The number of carbonyl (C=O) groups excluding carboxylic acids is 1. The first-order valence-electron chi connectivity index (χ1n) is 10.2. The maximum absolute atomic E-state index is 13.2. The Bertz CT molecular complexity index is 619. The van der Waals surface area contributed by atoms with Crippen LogP contribution in [0.2, 0.25) is 0 Å². The number of hydrogen-bond donors (Lipinski definition) is 1. The number of aliphatic imine (C=N–C) groups is 2. The highest BCUT2D eigenvalue weighted by molar-refractivity contribution is 5.84. The Morgan fingerprint density at radius 2 is 2.13 bits per heavy atom. The van der Waals surface area contributed by atoms with E-state index in [1.807, 2.05) is 4.90 Å². The number of ether oxygens (including phenoxy) is 3. The number of methoxy groups -OCH3 is 1. The summed E-state index contributed by atoms with van der Waals surface area (Å²) in [6.07, 6.45) is 2.12. The third-order valence-electron chi connectivity index (χ3n) is 4.75. The molecule has 0 saturated carbocycles. The van der Waals surface area contributed by atoms with Crippen molar-refractivity contribution in [1.29, 1.82) is 0 Å². The van der Waals surface area contributed by atoms with Crippen LogP contribution in [-0.4, -0.2) is 75.4 Å². The molecule has 172 valence electrons. The molecule has 2 unspecified atom stereocenters. The lowest BCUT2D eigenvalue weighted by Crippen LogP contribution is -2.38. The van der Waals surface area contributed by atoms with Gasteiger partial charge in [-0.2, -0.15) is 0 Å². The molecule has 9 heteroatoms. The standard InChI is InChI=1S/C21H37FN4O4/c1-15(10-22)17(12-25-20(27)30-21(3,4)5)14-29-16(2)11-24-19(23-6)26-9-8-18(13-26)28-7/h11,15,17-18H,6,8-10,12-14H2,1-5,7H3,(H,25,27)/b16-11+,24-19?/t15?,17?,18-/m0/s1. The van der Waals surface area contributed by atoms with E-state index in [1.54, 1.807) is 47.9 Å². The van der Waals surface area contributed by atoms with Crippen LogP contribution in [0.25, 0.3) is 0 Å². The number of amides is 1. The van der Waals surface area contributed by atoms with Gasteiger partial charge in [0.2, 0.25) is 5.96 Å². The van der Waals surface area contributed by atoms with Gasteiger partial charge in [-0.15, -0.1) is 0 Å². The van der Waals surface area contributed by atoms with Crippen LogP contribution in [0, 0.1) is 11.8 Å². The van der Waals surface area contributed by atoms with Crippen LogP contribution in [0.5, 0.6) is 0 Å². The molecule has 0 aliphatic carbocycles. The van der Waals surface area contributed by atoms with E-state index >= 15 is 0 Å². The molecule has 0 radical (unpaired) electrons. The lowest BCUT2D eigenvalue weighted by Gasteiger charge is -2.24. The maximum atomic E-state index is 13.2. The largest absolute Gasteiger partial charge is 0.496 e. The van der Waals surface area contributed by atoms with Crippen molar-refractivity contribution in [3.8, 4) is 0 Å². The molecule has 30 heavy (non-hydrogen) atoms. The average molecular weight is 429 g/mol. The molecule has 1 heterocycles. The van der Waals surface area contributed by atoms with Gasteiger partial charge in [-0.3, -0.25) is 4.39 Å². The van der Waals surface area contributed by atoms with Gasteiger partial charge in [0.1, 0.15) is 11.4 Å². The number of nitrogens with one attached hydrogen (secondary N) is 1. The Kier molecular flexibility index (Phi) is 10.8. The van der Waals surface area contributed by atoms with Crippen LogP contribution >= 0.6 is 0 Å². The highest BCUT2D eigenvalue weighted by atomic mass is 19.1. The molecule has 8 nitrogen and oxygen atoms in total. The number of alkyl carbamates (subject to hydrolysis) is 1. The number of nitrogens with zero attached hydrogens (tertiary/aromatic N) is 3. The van der Waals surface area contributed by atoms with Gasteiger partial charge >= 0.3 is 6.09 Å². The average Bonchev–Trinajstić information content (AvgIpc) is 3.15. The fourth-order valence-electron chi connectivity index (χ4n) is 2.83. The van der Waals surface area contributed by atoms with Gasteiger partial charge in [0.15, 0.2) is 0 Å². The van der Waals surface area contributed by atoms with Gasteiger partial charge in [0.05, 0.1) is 25.6 Å². The van der Waals surface area contributed by atoms with E-state index in [0.717, 1.165) is 13.0 Å². The summed E-state index contributed by atoms with van der Waals surface area (Å²) in [5.74, 6) is 0.579. The molecule has 0 bridgehead atoms. The lowest BCUT2D eigenvalue weighted by atomic mass is 9.96. The van der Waals surface area contributed by atoms with Crippen molar-refractivity contribution in [2.45, 2.75) is 52.7 Å². The number of halogens is 1. The minimum absolute atomic E-state index is 0.165. The zero-order valence-corrected chi connectivity index (χ0v) is 19.1. The summed E-state index contributed by atoms with van der Waals surface area (Å²) in [5.41, 5.74) is -0.589. The van der Waals surface area contributed by atoms with Crippen LogP contribution in [0.4, 0.5) is 9.18 Å². The van der Waals surface area contributed by atoms with Gasteiger partial charge in [-0.05, 0) is 46.8 Å². The van der Waals surface area contributed by atoms with Gasteiger partial charge in [0, 0.05) is 32.7 Å². The molecule has 0 aromatic rings. The topological polar surface area (TPSA) is 84.8 Å². The van der Waals surface area contributed by atoms with Crippen LogP contribution in [-0.2, 0) is 14.2 Å². The molecule has 1 amide bonds. The van der Waals surface area contributed by atoms with Crippen molar-refractivity contribution >= 4 is 18.8 Å². The monoisotopic (exact) mass is 428 g/mol. The third-order valence-corrected chi connectivity index (χ3v) is 4.75. The Morgan fingerprint density at radius 3 is 2.67 bits per heavy atom. The van der Waals surface area contributed by atoms with E-state index in [4.69, 9.17) is 14.2 Å². The highest BCUT2D eigenvalue weighted by Gasteiger charge is 2.24. The third kappa shape index (κ3) is 9.56. The molecule has 1 rings (SSSR count). The lowest BCUT2D eigenvalue weighted by molar-refractivity contribution is 0.0491. The molecule has 1 aliphatic rings. The summed E-state index contributed by atoms with van der Waals surface area (Å²) >= 11 is 0. The zero-order valence-electron chi connectivity index (χ0n) is 19.1. The van der Waals surface area contributed by atoms with E-state index in [9.17, 15) is 9.18 Å². The number of guanidine groups is 1. The Labute approximate surface area is 179 Å². The van der Waals surface area contributed by atoms with Gasteiger partial charge in [0.25, 0.3) is 0 Å². The maximum Gasteiger partial charge on any atom is 0.407 e. The first-order chi connectivity index (χ1) is 14.1. The number of allylic oxidation sites excluding steroid dienone is 1. The molecule has 1 fully saturated rings. The second kappa shape index (κ2) is 12.5. The van der Waals surface area contributed by atoms with Crippen LogP contribution in [0.1, 0.15) is 41.0 Å². The second-order valence-electron chi connectivity index (χ2n) is 8.50. The highest BCUT2D eigenvalue weighted by Crippen LogP contribution is 2.16. The Morgan fingerprint density at radius 1 is 1.43 bits per heavy atom. The van der Waals surface area contributed by atoms with E-state index in [1.165, 1.54) is 0 Å². The second-order valence-corrected chi connectivity index (χ2v) is 8.50. The van der Waals surface area contributed by atoms with Crippen LogP contribution in [0.3, 0.4) is 0 Å². The summed E-state index contributed by atoms with van der Waals surface area (Å²) in [7, 11) is 1.69. The molecular weight excluding hydrogens is 391 g/mol. The molecule has 0 aromatic carbocycles. The first-order valence-corrected chi connectivity index (χ1v) is 10.2. The van der Waals surface area contributed by atoms with Crippen molar-refractivity contribution < 1.29 is 23.4 Å². The SMILES string of the molecule is C=NC(=N/C=C(\C)OCC(CNC(=O)OC(C)(C)C)C(C)CF)N1CC[C@H](OC)C1. The summed E-state index contributed by atoms with van der Waals surface area (Å²) in [5, 5.41) is 2.69. The van der Waals surface area contributed by atoms with Crippen molar-refractivity contribution in [3.63, 3.8) is 0 Å². The van der Waals surface area contributed by atoms with Crippen molar-refractivity contribution in [1.82, 2.24) is 10.2 Å². The van der Waals surface area contributed by atoms with Gasteiger partial charge < -0.3 is 24.4 Å². The van der Waals surface area contributed by atoms with Crippen LogP contribution < -0.4 is 5.32 Å². The van der Waals surface area contributed by atoms with E-state index in [2.05, 4.69) is 22.0 Å². The Hall–Kier alpha value is -2.16. The van der Waals surface area contributed by atoms with Crippen LogP contribution in [0.15, 0.2) is 21.9 Å². The molecule has 1 saturated heterocycles. The summed E-state index contributed by atoms with van der Waals surface area (Å²) in [6, 6.07) is 0. The molecule has 3 atom stereocenters. The van der Waals surface area contributed by atoms with Gasteiger partial charge in [-0.25, -0.2) is 14.8 Å². The van der Waals surface area contributed by atoms with Crippen molar-refractivity contribution in [2.75, 3.05) is 40.0 Å². The van der Waals surface area contributed by atoms with E-state index in [0.29, 0.717) is 18.3 Å². The number of alkyl halides is 1. The number of carbonyl (C=O) groups is 1. The number of hydrogen-bond acceptors (Lipinski definition) is 5. The number of rotatable bonds is 9. The first kappa shape index (κ1) is 25.9. The fraction of sp³-hybridized carbons (Fsp3) is 0.762. The molecule has 0 aromatic heterocycles. The normalized spacial score (nSPS) is 20.0. The molecule has 1 aliphatic heterocycles. The summed E-state index contributed by atoms with van der Waals surface area (Å²) in [4.78, 5) is 22.2.